The zero-order chi connectivity index (χ0) is 18.5. The third-order valence-electron chi connectivity index (χ3n) is 3.98. The first-order valence-electron chi connectivity index (χ1n) is 8.08. The van der Waals surface area contributed by atoms with Crippen LogP contribution in [0, 0.1) is 0 Å². The molecule has 3 heterocycles. The van der Waals surface area contributed by atoms with Crippen molar-refractivity contribution in [3.05, 3.63) is 35.4 Å². The van der Waals surface area contributed by atoms with Crippen molar-refractivity contribution in [3.63, 3.8) is 0 Å². The predicted molar refractivity (Wildman–Crippen MR) is 94.6 cm³/mol. The summed E-state index contributed by atoms with van der Waals surface area (Å²) in [5.74, 6) is -0.406. The highest BCUT2D eigenvalue weighted by Crippen LogP contribution is 2.17. The van der Waals surface area contributed by atoms with Gasteiger partial charge in [0.2, 0.25) is 11.8 Å². The van der Waals surface area contributed by atoms with Gasteiger partial charge in [-0.3, -0.25) is 24.7 Å². The molecule has 1 aliphatic rings. The normalized spacial score (nSPS) is 14.2. The van der Waals surface area contributed by atoms with Crippen LogP contribution >= 0.6 is 11.3 Å². The predicted octanol–water partition coefficient (Wildman–Crippen LogP) is 0.419. The number of anilines is 1. The van der Waals surface area contributed by atoms with Crippen molar-refractivity contribution < 1.29 is 14.4 Å². The summed E-state index contributed by atoms with van der Waals surface area (Å²) in [4.78, 5) is 51.2. The molecule has 0 unspecified atom stereocenters. The summed E-state index contributed by atoms with van der Waals surface area (Å²) in [6.45, 7) is 3.69. The molecule has 136 valence electrons. The van der Waals surface area contributed by atoms with Gasteiger partial charge in [-0.15, -0.1) is 11.3 Å². The Bertz CT molecular complexity index is 801. The maximum atomic E-state index is 12.4. The Morgan fingerprint density at radius 2 is 1.88 bits per heavy atom. The first-order chi connectivity index (χ1) is 12.5. The minimum atomic E-state index is -0.398. The van der Waals surface area contributed by atoms with Gasteiger partial charge in [-0.1, -0.05) is 0 Å². The van der Waals surface area contributed by atoms with Gasteiger partial charge in [0, 0.05) is 50.9 Å². The minimum Gasteiger partial charge on any atom is -0.339 e. The Balaban J connectivity index is 1.53. The van der Waals surface area contributed by atoms with Crippen LogP contribution in [-0.2, 0) is 16.0 Å². The molecule has 1 saturated heterocycles. The lowest BCUT2D eigenvalue weighted by Gasteiger charge is -2.34. The van der Waals surface area contributed by atoms with E-state index >= 15 is 0 Å². The molecule has 1 fully saturated rings. The van der Waals surface area contributed by atoms with Gasteiger partial charge in [0.05, 0.1) is 18.3 Å². The highest BCUT2D eigenvalue weighted by atomic mass is 32.1. The van der Waals surface area contributed by atoms with E-state index in [4.69, 9.17) is 0 Å². The molecule has 10 heteroatoms. The smallest absolute Gasteiger partial charge is 0.277 e. The molecular formula is C16H18N6O3S. The first-order valence-corrected chi connectivity index (χ1v) is 8.96. The van der Waals surface area contributed by atoms with Crippen LogP contribution < -0.4 is 5.32 Å². The maximum absolute atomic E-state index is 12.4. The lowest BCUT2D eigenvalue weighted by Crippen LogP contribution is -2.50. The van der Waals surface area contributed by atoms with Gasteiger partial charge >= 0.3 is 0 Å². The lowest BCUT2D eigenvalue weighted by atomic mass is 10.2. The lowest BCUT2D eigenvalue weighted by molar-refractivity contribution is -0.138. The number of nitrogens with one attached hydrogen (secondary N) is 1. The van der Waals surface area contributed by atoms with Crippen LogP contribution in [0.1, 0.15) is 23.1 Å². The second-order valence-electron chi connectivity index (χ2n) is 5.75. The molecule has 0 aliphatic carbocycles. The molecule has 26 heavy (non-hydrogen) atoms. The molecule has 1 aliphatic heterocycles. The van der Waals surface area contributed by atoms with E-state index in [0.717, 1.165) is 0 Å². The molecule has 9 nitrogen and oxygen atoms in total. The third-order valence-corrected chi connectivity index (χ3v) is 4.78. The molecule has 0 bridgehead atoms. The Morgan fingerprint density at radius 1 is 1.15 bits per heavy atom. The van der Waals surface area contributed by atoms with E-state index in [0.29, 0.717) is 37.0 Å². The number of hydrogen-bond acceptors (Lipinski definition) is 7. The van der Waals surface area contributed by atoms with Crippen molar-refractivity contribution in [2.24, 2.45) is 0 Å². The Labute approximate surface area is 154 Å². The summed E-state index contributed by atoms with van der Waals surface area (Å²) in [7, 11) is 0. The van der Waals surface area contributed by atoms with Crippen LogP contribution in [0.15, 0.2) is 24.0 Å². The maximum Gasteiger partial charge on any atom is 0.277 e. The number of thiazole rings is 1. The molecule has 0 radical (unpaired) electrons. The molecule has 2 aromatic heterocycles. The molecule has 3 amide bonds. The van der Waals surface area contributed by atoms with Crippen molar-refractivity contribution in [2.45, 2.75) is 13.3 Å². The summed E-state index contributed by atoms with van der Waals surface area (Å²) >= 11 is 1.25. The number of rotatable bonds is 4. The summed E-state index contributed by atoms with van der Waals surface area (Å²) in [5.41, 5.74) is 0.798. The zero-order valence-electron chi connectivity index (χ0n) is 14.2. The largest absolute Gasteiger partial charge is 0.339 e. The quantitative estimate of drug-likeness (QED) is 0.831. The molecule has 3 rings (SSSR count). The molecule has 2 aromatic rings. The SMILES string of the molecule is CC(=O)N1CCN(C(=O)Cc2csc(NC(=O)c3cnccn3)n2)CC1. The van der Waals surface area contributed by atoms with Crippen LogP contribution in [-0.4, -0.2) is 68.7 Å². The van der Waals surface area contributed by atoms with E-state index in [1.165, 1.54) is 36.9 Å². The second-order valence-corrected chi connectivity index (χ2v) is 6.61. The standard InChI is InChI=1S/C16H18N6O3S/c1-11(23)21-4-6-22(7-5-21)14(24)8-12-10-26-16(19-12)20-15(25)13-9-17-2-3-18-13/h2-3,9-10H,4-8H2,1H3,(H,19,20,25). The zero-order valence-corrected chi connectivity index (χ0v) is 15.0. The highest BCUT2D eigenvalue weighted by molar-refractivity contribution is 7.14. The number of nitrogens with zero attached hydrogens (tertiary/aromatic N) is 5. The minimum absolute atomic E-state index is 0.0279. The number of hydrogen-bond donors (Lipinski definition) is 1. The van der Waals surface area contributed by atoms with E-state index in [1.54, 1.807) is 15.2 Å². The summed E-state index contributed by atoms with van der Waals surface area (Å²) in [6, 6.07) is 0. The average molecular weight is 374 g/mol. The third kappa shape index (κ3) is 4.39. The fraction of sp³-hybridized carbons (Fsp3) is 0.375. The van der Waals surface area contributed by atoms with Crippen LogP contribution in [0.2, 0.25) is 0 Å². The highest BCUT2D eigenvalue weighted by Gasteiger charge is 2.23. The summed E-state index contributed by atoms with van der Waals surface area (Å²) in [6.07, 6.45) is 4.46. The fourth-order valence-corrected chi connectivity index (χ4v) is 3.27. The van der Waals surface area contributed by atoms with Gasteiger partial charge in [-0.05, 0) is 0 Å². The number of carbonyl (C=O) groups excluding carboxylic acids is 3. The molecular weight excluding hydrogens is 356 g/mol. The van der Waals surface area contributed by atoms with E-state index in [2.05, 4.69) is 20.3 Å². The van der Waals surface area contributed by atoms with Crippen LogP contribution in [0.25, 0.3) is 0 Å². The Morgan fingerprint density at radius 3 is 2.54 bits per heavy atom. The number of piperazine rings is 1. The van der Waals surface area contributed by atoms with Crippen molar-refractivity contribution in [2.75, 3.05) is 31.5 Å². The van der Waals surface area contributed by atoms with Gasteiger partial charge in [-0.2, -0.15) is 0 Å². The van der Waals surface area contributed by atoms with Gasteiger partial charge in [-0.25, -0.2) is 9.97 Å². The van der Waals surface area contributed by atoms with Gasteiger partial charge in [0.15, 0.2) is 5.13 Å². The molecule has 0 spiro atoms. The average Bonchev–Trinajstić information content (AvgIpc) is 3.09. The van der Waals surface area contributed by atoms with E-state index in [-0.39, 0.29) is 23.9 Å². The van der Waals surface area contributed by atoms with E-state index in [1.807, 2.05) is 0 Å². The van der Waals surface area contributed by atoms with Crippen molar-refractivity contribution in [3.8, 4) is 0 Å². The van der Waals surface area contributed by atoms with Gasteiger partial charge in [0.25, 0.3) is 5.91 Å². The van der Waals surface area contributed by atoms with Gasteiger partial charge in [0.1, 0.15) is 5.69 Å². The Kier molecular flexibility index (Phi) is 5.52. The van der Waals surface area contributed by atoms with E-state index < -0.39 is 5.91 Å². The molecule has 0 aromatic carbocycles. The number of carbonyl (C=O) groups is 3. The van der Waals surface area contributed by atoms with Crippen LogP contribution in [0.3, 0.4) is 0 Å². The molecule has 1 N–H and O–H groups in total. The first kappa shape index (κ1) is 17.9. The van der Waals surface area contributed by atoms with Crippen LogP contribution in [0.5, 0.6) is 0 Å². The molecule has 0 saturated carbocycles. The van der Waals surface area contributed by atoms with Crippen molar-refractivity contribution >= 4 is 34.2 Å². The van der Waals surface area contributed by atoms with E-state index in [9.17, 15) is 14.4 Å². The summed E-state index contributed by atoms with van der Waals surface area (Å²) < 4.78 is 0. The monoisotopic (exact) mass is 374 g/mol. The topological polar surface area (TPSA) is 108 Å². The summed E-state index contributed by atoms with van der Waals surface area (Å²) in [5, 5.41) is 4.80. The number of aromatic nitrogens is 3. The Hall–Kier alpha value is -2.88. The fourth-order valence-electron chi connectivity index (χ4n) is 2.56. The molecule has 0 atom stereocenters. The van der Waals surface area contributed by atoms with Crippen molar-refractivity contribution in [1.82, 2.24) is 24.8 Å². The van der Waals surface area contributed by atoms with Crippen molar-refractivity contribution in [1.29, 1.82) is 0 Å². The number of amides is 3. The van der Waals surface area contributed by atoms with Crippen LogP contribution in [0.4, 0.5) is 5.13 Å². The second kappa shape index (κ2) is 8.00. The van der Waals surface area contributed by atoms with Gasteiger partial charge < -0.3 is 9.80 Å².